The van der Waals surface area contributed by atoms with Gasteiger partial charge in [0.1, 0.15) is 5.69 Å². The van der Waals surface area contributed by atoms with Crippen molar-refractivity contribution in [3.05, 3.63) is 78.6 Å². The topological polar surface area (TPSA) is 58.4 Å². The summed E-state index contributed by atoms with van der Waals surface area (Å²) in [6, 6.07) is 20.7. The van der Waals surface area contributed by atoms with E-state index < -0.39 is 0 Å². The van der Waals surface area contributed by atoms with Gasteiger partial charge in [-0.15, -0.1) is 0 Å². The molecule has 2 aromatic heterocycles. The summed E-state index contributed by atoms with van der Waals surface area (Å²) in [4.78, 5) is 19.6. The maximum Gasteiger partial charge on any atom is 0.256 e. The third-order valence-corrected chi connectivity index (χ3v) is 4.38. The largest absolute Gasteiger partial charge is 0.463 e. The number of para-hydroxylation sites is 1. The summed E-state index contributed by atoms with van der Waals surface area (Å²) < 4.78 is 5.46. The van der Waals surface area contributed by atoms with E-state index in [0.29, 0.717) is 17.0 Å². The second kappa shape index (κ2) is 6.96. The van der Waals surface area contributed by atoms with Gasteiger partial charge >= 0.3 is 0 Å². The average Bonchev–Trinajstić information content (AvgIpc) is 3.22. The van der Waals surface area contributed by atoms with Crippen LogP contribution in [0, 0.1) is 0 Å². The minimum atomic E-state index is -0.181. The number of nitrogens with zero attached hydrogens (tertiary/aromatic N) is 2. The first kappa shape index (κ1) is 16.8. The average molecular weight is 357 g/mol. The van der Waals surface area contributed by atoms with E-state index in [-0.39, 0.29) is 5.91 Å². The van der Waals surface area contributed by atoms with Crippen LogP contribution in [0.5, 0.6) is 0 Å². The highest BCUT2D eigenvalue weighted by atomic mass is 16.3. The molecule has 0 aliphatic rings. The number of carbonyl (C=O) groups excluding carboxylic acids is 1. The van der Waals surface area contributed by atoms with Crippen molar-refractivity contribution in [2.75, 3.05) is 24.3 Å². The Morgan fingerprint density at radius 1 is 1.00 bits per heavy atom. The normalized spacial score (nSPS) is 10.7. The van der Waals surface area contributed by atoms with Crippen LogP contribution in [-0.2, 0) is 0 Å². The van der Waals surface area contributed by atoms with Crippen molar-refractivity contribution >= 4 is 28.2 Å². The fourth-order valence-corrected chi connectivity index (χ4v) is 2.96. The Kier molecular flexibility index (Phi) is 4.34. The van der Waals surface area contributed by atoms with Crippen LogP contribution in [0.4, 0.5) is 11.4 Å². The molecule has 4 aromatic rings. The number of amides is 1. The molecule has 2 aromatic carbocycles. The van der Waals surface area contributed by atoms with Crippen LogP contribution < -0.4 is 10.2 Å². The zero-order chi connectivity index (χ0) is 18.8. The van der Waals surface area contributed by atoms with E-state index in [1.807, 2.05) is 73.6 Å². The Morgan fingerprint density at radius 3 is 2.48 bits per heavy atom. The number of anilines is 2. The van der Waals surface area contributed by atoms with Gasteiger partial charge in [-0.2, -0.15) is 0 Å². The van der Waals surface area contributed by atoms with Gasteiger partial charge in [0.15, 0.2) is 5.76 Å². The van der Waals surface area contributed by atoms with E-state index in [0.717, 1.165) is 22.3 Å². The fraction of sp³-hybridized carbons (Fsp3) is 0.0909. The molecular formula is C22H19N3O2. The number of carbonyl (C=O) groups is 1. The Hall–Kier alpha value is -3.60. The SMILES string of the molecule is CN(C)c1ccc(NC(=O)c2cc(-c3ccco3)nc3ccccc23)cc1. The zero-order valence-corrected chi connectivity index (χ0v) is 15.1. The molecule has 1 N–H and O–H groups in total. The molecule has 5 nitrogen and oxygen atoms in total. The summed E-state index contributed by atoms with van der Waals surface area (Å²) >= 11 is 0. The molecule has 0 saturated heterocycles. The first-order valence-electron chi connectivity index (χ1n) is 8.64. The van der Waals surface area contributed by atoms with Gasteiger partial charge in [-0.25, -0.2) is 4.98 Å². The Balaban J connectivity index is 1.72. The van der Waals surface area contributed by atoms with Crippen molar-refractivity contribution in [1.29, 1.82) is 0 Å². The van der Waals surface area contributed by atoms with Crippen LogP contribution in [0.2, 0.25) is 0 Å². The molecule has 0 atom stereocenters. The Bertz CT molecular complexity index is 1080. The number of rotatable bonds is 4. The van der Waals surface area contributed by atoms with Gasteiger partial charge in [0.25, 0.3) is 5.91 Å². The highest BCUT2D eigenvalue weighted by molar-refractivity contribution is 6.13. The van der Waals surface area contributed by atoms with Gasteiger partial charge in [0, 0.05) is 30.9 Å². The summed E-state index contributed by atoms with van der Waals surface area (Å²) in [6.45, 7) is 0. The summed E-state index contributed by atoms with van der Waals surface area (Å²) in [6.07, 6.45) is 1.60. The van der Waals surface area contributed by atoms with Crippen LogP contribution in [0.3, 0.4) is 0 Å². The molecule has 0 unspecified atom stereocenters. The van der Waals surface area contributed by atoms with E-state index in [1.54, 1.807) is 18.4 Å². The van der Waals surface area contributed by atoms with E-state index in [4.69, 9.17) is 4.42 Å². The number of fused-ring (bicyclic) bond motifs is 1. The molecule has 1 amide bonds. The smallest absolute Gasteiger partial charge is 0.256 e. The van der Waals surface area contributed by atoms with Crippen LogP contribution in [0.25, 0.3) is 22.4 Å². The first-order chi connectivity index (χ1) is 13.1. The Morgan fingerprint density at radius 2 is 1.78 bits per heavy atom. The van der Waals surface area contributed by atoms with Crippen molar-refractivity contribution in [2.45, 2.75) is 0 Å². The molecule has 4 rings (SSSR count). The molecule has 0 aliphatic heterocycles. The number of nitrogens with one attached hydrogen (secondary N) is 1. The van der Waals surface area contributed by atoms with Gasteiger partial charge in [0.2, 0.25) is 0 Å². The van der Waals surface area contributed by atoms with Crippen molar-refractivity contribution < 1.29 is 9.21 Å². The lowest BCUT2D eigenvalue weighted by Crippen LogP contribution is -2.13. The van der Waals surface area contributed by atoms with E-state index >= 15 is 0 Å². The molecule has 0 fully saturated rings. The lowest BCUT2D eigenvalue weighted by molar-refractivity contribution is 0.102. The quantitative estimate of drug-likeness (QED) is 0.569. The summed E-state index contributed by atoms with van der Waals surface area (Å²) in [5.41, 5.74) is 3.75. The summed E-state index contributed by atoms with van der Waals surface area (Å²) in [5.74, 6) is 0.448. The van der Waals surface area contributed by atoms with Gasteiger partial charge in [-0.1, -0.05) is 18.2 Å². The number of benzene rings is 2. The van der Waals surface area contributed by atoms with E-state index in [9.17, 15) is 4.79 Å². The molecule has 0 bridgehead atoms. The predicted octanol–water partition coefficient (Wildman–Crippen LogP) is 4.81. The molecule has 134 valence electrons. The first-order valence-corrected chi connectivity index (χ1v) is 8.64. The second-order valence-electron chi connectivity index (χ2n) is 6.44. The third kappa shape index (κ3) is 3.40. The summed E-state index contributed by atoms with van der Waals surface area (Å²) in [7, 11) is 3.96. The highest BCUT2D eigenvalue weighted by Gasteiger charge is 2.15. The number of aromatic nitrogens is 1. The summed E-state index contributed by atoms with van der Waals surface area (Å²) in [5, 5.41) is 3.77. The van der Waals surface area contributed by atoms with Crippen molar-refractivity contribution in [3.63, 3.8) is 0 Å². The zero-order valence-electron chi connectivity index (χ0n) is 15.1. The lowest BCUT2D eigenvalue weighted by Gasteiger charge is -2.13. The molecule has 0 saturated carbocycles. The van der Waals surface area contributed by atoms with Crippen LogP contribution >= 0.6 is 0 Å². The molecule has 0 aliphatic carbocycles. The number of hydrogen-bond acceptors (Lipinski definition) is 4. The van der Waals surface area contributed by atoms with Crippen LogP contribution in [0.1, 0.15) is 10.4 Å². The number of pyridine rings is 1. The van der Waals surface area contributed by atoms with Gasteiger partial charge < -0.3 is 14.6 Å². The van der Waals surface area contributed by atoms with Crippen molar-refractivity contribution in [2.24, 2.45) is 0 Å². The van der Waals surface area contributed by atoms with E-state index in [1.165, 1.54) is 0 Å². The molecule has 2 heterocycles. The predicted molar refractivity (Wildman–Crippen MR) is 108 cm³/mol. The Labute approximate surface area is 157 Å². The third-order valence-electron chi connectivity index (χ3n) is 4.38. The minimum Gasteiger partial charge on any atom is -0.463 e. The molecule has 5 heteroatoms. The van der Waals surface area contributed by atoms with Crippen LogP contribution in [-0.4, -0.2) is 25.0 Å². The van der Waals surface area contributed by atoms with Gasteiger partial charge in [-0.05, 0) is 48.5 Å². The number of hydrogen-bond donors (Lipinski definition) is 1. The van der Waals surface area contributed by atoms with Gasteiger partial charge in [-0.3, -0.25) is 4.79 Å². The molecule has 0 radical (unpaired) electrons. The fourth-order valence-electron chi connectivity index (χ4n) is 2.96. The maximum atomic E-state index is 13.0. The minimum absolute atomic E-state index is 0.181. The maximum absolute atomic E-state index is 13.0. The van der Waals surface area contributed by atoms with Gasteiger partial charge in [0.05, 0.1) is 17.3 Å². The number of furan rings is 1. The highest BCUT2D eigenvalue weighted by Crippen LogP contribution is 2.26. The van der Waals surface area contributed by atoms with Crippen LogP contribution in [0.15, 0.2) is 77.4 Å². The van der Waals surface area contributed by atoms with E-state index in [2.05, 4.69) is 10.3 Å². The standard InChI is InChI=1S/C22H19N3O2/c1-25(2)16-11-9-15(10-12-16)23-22(26)18-14-20(21-8-5-13-27-21)24-19-7-4-3-6-17(18)19/h3-14H,1-2H3,(H,23,26). The molecule has 27 heavy (non-hydrogen) atoms. The lowest BCUT2D eigenvalue weighted by atomic mass is 10.1. The molecule has 0 spiro atoms. The molecular weight excluding hydrogens is 338 g/mol. The second-order valence-corrected chi connectivity index (χ2v) is 6.44. The van der Waals surface area contributed by atoms with Crippen molar-refractivity contribution in [3.8, 4) is 11.5 Å². The monoisotopic (exact) mass is 357 g/mol. The van der Waals surface area contributed by atoms with Crippen molar-refractivity contribution in [1.82, 2.24) is 4.98 Å².